The van der Waals surface area contributed by atoms with Crippen molar-refractivity contribution in [1.29, 1.82) is 0 Å². The monoisotopic (exact) mass is 619 g/mol. The van der Waals surface area contributed by atoms with Gasteiger partial charge in [0.1, 0.15) is 0 Å². The number of aliphatic hydroxyl groups is 2. The molecule has 258 valence electrons. The average Bonchev–Trinajstić information content (AvgIpc) is 3.03. The Hall–Kier alpha value is -1.20. The average molecular weight is 619 g/mol. The number of hydrogen-bond donors (Lipinski definition) is 2. The maximum atomic E-state index is 8.73. The molecule has 0 aliphatic heterocycles. The number of aliphatic hydroxyl groups excluding tert-OH is 2. The lowest BCUT2D eigenvalue weighted by molar-refractivity contribution is -0.354. The molecule has 2 atom stereocenters. The van der Waals surface area contributed by atoms with Crippen LogP contribution in [0.4, 0.5) is 0 Å². The molecule has 2 unspecified atom stereocenters. The highest BCUT2D eigenvalue weighted by molar-refractivity contribution is 4.83. The van der Waals surface area contributed by atoms with Crippen LogP contribution in [0.5, 0.6) is 0 Å². The summed E-state index contributed by atoms with van der Waals surface area (Å²) in [5.41, 5.74) is 0. The van der Waals surface area contributed by atoms with E-state index in [4.69, 9.17) is 20.0 Å². The Balaban J connectivity index is 3.85. The third-order valence-corrected chi connectivity index (χ3v) is 8.20. The van der Waals surface area contributed by atoms with Crippen LogP contribution in [0.15, 0.2) is 48.6 Å². The molecule has 0 aromatic rings. The first-order chi connectivity index (χ1) is 21.8. The van der Waals surface area contributed by atoms with Crippen LogP contribution in [0.2, 0.25) is 0 Å². The lowest BCUT2D eigenvalue weighted by Crippen LogP contribution is -2.20. The van der Waals surface area contributed by atoms with Crippen LogP contribution < -0.4 is 0 Å². The minimum absolute atomic E-state index is 0.168. The van der Waals surface area contributed by atoms with Crippen molar-refractivity contribution in [2.75, 3.05) is 13.2 Å². The molecule has 0 radical (unpaired) electrons. The van der Waals surface area contributed by atoms with Crippen molar-refractivity contribution in [1.82, 2.24) is 0 Å². The fourth-order valence-corrected chi connectivity index (χ4v) is 5.52. The van der Waals surface area contributed by atoms with Gasteiger partial charge in [0.15, 0.2) is 0 Å². The van der Waals surface area contributed by atoms with Crippen molar-refractivity contribution in [3.8, 4) is 0 Å². The molecule has 0 saturated carbocycles. The fraction of sp³-hybridized carbons (Fsp3) is 0.800. The summed E-state index contributed by atoms with van der Waals surface area (Å²) in [5.74, 6) is 0. The van der Waals surface area contributed by atoms with Crippen molar-refractivity contribution >= 4 is 0 Å². The van der Waals surface area contributed by atoms with Crippen molar-refractivity contribution < 1.29 is 20.0 Å². The van der Waals surface area contributed by atoms with Crippen LogP contribution in [-0.2, 0) is 9.78 Å². The third-order valence-electron chi connectivity index (χ3n) is 8.20. The van der Waals surface area contributed by atoms with Crippen molar-refractivity contribution in [2.24, 2.45) is 0 Å². The van der Waals surface area contributed by atoms with Gasteiger partial charge in [-0.25, -0.2) is 9.78 Å². The summed E-state index contributed by atoms with van der Waals surface area (Å²) in [5, 5.41) is 17.5. The zero-order valence-electron chi connectivity index (χ0n) is 29.3. The molecule has 0 heterocycles. The van der Waals surface area contributed by atoms with Gasteiger partial charge in [-0.15, -0.1) is 0 Å². The Morgan fingerprint density at radius 2 is 0.636 bits per heavy atom. The van der Waals surface area contributed by atoms with Gasteiger partial charge in [-0.3, -0.25) is 0 Å². The van der Waals surface area contributed by atoms with E-state index in [0.717, 1.165) is 51.4 Å². The molecule has 0 aliphatic carbocycles. The molecular weight excluding hydrogens is 544 g/mol. The summed E-state index contributed by atoms with van der Waals surface area (Å²) < 4.78 is 0. The van der Waals surface area contributed by atoms with Gasteiger partial charge in [0.25, 0.3) is 0 Å². The molecule has 2 N–H and O–H groups in total. The maximum absolute atomic E-state index is 8.73. The van der Waals surface area contributed by atoms with Crippen LogP contribution in [0.25, 0.3) is 0 Å². The number of unbranched alkanes of at least 4 members (excludes halogenated alkanes) is 16. The first kappa shape index (κ1) is 42.8. The lowest BCUT2D eigenvalue weighted by atomic mass is 10.1. The molecule has 0 bridgehead atoms. The minimum atomic E-state index is 0.168. The molecular formula is C40H74O4. The van der Waals surface area contributed by atoms with E-state index in [0.29, 0.717) is 0 Å². The van der Waals surface area contributed by atoms with Gasteiger partial charge in [0.05, 0.1) is 25.4 Å². The molecule has 0 spiro atoms. The van der Waals surface area contributed by atoms with Gasteiger partial charge >= 0.3 is 0 Å². The molecule has 0 saturated heterocycles. The van der Waals surface area contributed by atoms with Gasteiger partial charge in [-0.2, -0.15) is 0 Å². The lowest BCUT2D eigenvalue weighted by Gasteiger charge is -2.21. The third kappa shape index (κ3) is 33.7. The second kappa shape index (κ2) is 38.0. The SMILES string of the molecule is CCCC(CCCC/C=C\CCCCCCCC=CCO)OOC(CCC)CCCC/C=C\CCCCCCCC=CCO. The summed E-state index contributed by atoms with van der Waals surface area (Å²) in [6.07, 6.45) is 49.3. The summed E-state index contributed by atoms with van der Waals surface area (Å²) in [4.78, 5) is 12.1. The zero-order chi connectivity index (χ0) is 32.0. The van der Waals surface area contributed by atoms with Crippen LogP contribution >= 0.6 is 0 Å². The van der Waals surface area contributed by atoms with Crippen LogP contribution in [-0.4, -0.2) is 35.6 Å². The molecule has 0 rings (SSSR count). The van der Waals surface area contributed by atoms with Gasteiger partial charge in [0, 0.05) is 0 Å². The van der Waals surface area contributed by atoms with E-state index >= 15 is 0 Å². The topological polar surface area (TPSA) is 58.9 Å². The minimum Gasteiger partial charge on any atom is -0.392 e. The maximum Gasteiger partial charge on any atom is 0.0930 e. The Kier molecular flexibility index (Phi) is 36.9. The van der Waals surface area contributed by atoms with E-state index in [1.807, 2.05) is 12.2 Å². The summed E-state index contributed by atoms with van der Waals surface area (Å²) in [6, 6.07) is 0. The standard InChI is InChI=1S/C40H74O4/c1-3-33-39(35-29-25-21-17-13-9-5-7-11-15-19-23-27-31-37-41)43-44-40(34-4-2)36-30-26-22-18-14-10-6-8-12-16-20-24-28-32-38-42/h13-14,17-18,27-28,31-32,39-42H,3-12,15-16,19-26,29-30,33-38H2,1-2H3/b17-13-,18-14-,31-27?,32-28?. The Labute approximate surface area is 274 Å². The Morgan fingerprint density at radius 1 is 0.364 bits per heavy atom. The first-order valence-electron chi connectivity index (χ1n) is 18.9. The van der Waals surface area contributed by atoms with Crippen molar-refractivity contribution in [3.05, 3.63) is 48.6 Å². The molecule has 44 heavy (non-hydrogen) atoms. The smallest absolute Gasteiger partial charge is 0.0930 e. The predicted octanol–water partition coefficient (Wildman–Crippen LogP) is 12.1. The van der Waals surface area contributed by atoms with Gasteiger partial charge in [-0.05, 0) is 103 Å². The van der Waals surface area contributed by atoms with E-state index in [1.54, 1.807) is 0 Å². The van der Waals surface area contributed by atoms with Gasteiger partial charge in [0.2, 0.25) is 0 Å². The van der Waals surface area contributed by atoms with Gasteiger partial charge in [-0.1, -0.05) is 127 Å². The Bertz CT molecular complexity index is 598. The van der Waals surface area contributed by atoms with Crippen molar-refractivity contribution in [2.45, 2.75) is 193 Å². The fourth-order valence-electron chi connectivity index (χ4n) is 5.52. The highest BCUT2D eigenvalue weighted by Gasteiger charge is 2.14. The van der Waals surface area contributed by atoms with Crippen LogP contribution in [0, 0.1) is 0 Å². The quantitative estimate of drug-likeness (QED) is 0.0321. The van der Waals surface area contributed by atoms with E-state index < -0.39 is 0 Å². The van der Waals surface area contributed by atoms with E-state index in [1.165, 1.54) is 116 Å². The van der Waals surface area contributed by atoms with E-state index in [2.05, 4.69) is 50.3 Å². The molecule has 4 nitrogen and oxygen atoms in total. The summed E-state index contributed by atoms with van der Waals surface area (Å²) in [7, 11) is 0. The van der Waals surface area contributed by atoms with Crippen LogP contribution in [0.1, 0.15) is 181 Å². The molecule has 0 fully saturated rings. The Morgan fingerprint density at radius 3 is 0.932 bits per heavy atom. The second-order valence-electron chi connectivity index (χ2n) is 12.5. The number of allylic oxidation sites excluding steroid dienone is 6. The molecule has 0 aliphatic rings. The number of hydrogen-bond acceptors (Lipinski definition) is 4. The molecule has 4 heteroatoms. The first-order valence-corrected chi connectivity index (χ1v) is 18.9. The normalized spacial score (nSPS) is 13.8. The molecule has 0 aromatic carbocycles. The van der Waals surface area contributed by atoms with Crippen molar-refractivity contribution in [3.63, 3.8) is 0 Å². The summed E-state index contributed by atoms with van der Waals surface area (Å²) >= 11 is 0. The van der Waals surface area contributed by atoms with E-state index in [9.17, 15) is 0 Å². The van der Waals surface area contributed by atoms with Gasteiger partial charge < -0.3 is 10.2 Å². The molecule has 0 aromatic heterocycles. The molecule has 0 amide bonds. The largest absolute Gasteiger partial charge is 0.392 e. The zero-order valence-corrected chi connectivity index (χ0v) is 29.3. The second-order valence-corrected chi connectivity index (χ2v) is 12.5. The predicted molar refractivity (Wildman–Crippen MR) is 192 cm³/mol. The number of rotatable bonds is 35. The highest BCUT2D eigenvalue weighted by atomic mass is 17.2. The highest BCUT2D eigenvalue weighted by Crippen LogP contribution is 2.18. The van der Waals surface area contributed by atoms with Crippen LogP contribution in [0.3, 0.4) is 0 Å². The summed E-state index contributed by atoms with van der Waals surface area (Å²) in [6.45, 7) is 4.82. The van der Waals surface area contributed by atoms with E-state index in [-0.39, 0.29) is 25.4 Å².